The molecule has 178 valence electrons. The number of benzene rings is 2. The molecule has 1 N–H and O–H groups in total. The second-order valence-corrected chi connectivity index (χ2v) is 9.11. The van der Waals surface area contributed by atoms with Gasteiger partial charge in [0, 0.05) is 28.9 Å². The first-order chi connectivity index (χ1) is 16.6. The Kier molecular flexibility index (Phi) is 7.49. The number of thiazole rings is 1. The molecule has 1 aliphatic rings. The zero-order valence-electron chi connectivity index (χ0n) is 19.3. The molecule has 1 fully saturated rings. The lowest BCUT2D eigenvalue weighted by molar-refractivity contribution is 0.0830. The summed E-state index contributed by atoms with van der Waals surface area (Å²) in [5, 5.41) is 6.86. The van der Waals surface area contributed by atoms with Gasteiger partial charge in [0.2, 0.25) is 5.75 Å². The number of carbonyl (C=O) groups excluding carboxylic acids is 1. The van der Waals surface area contributed by atoms with E-state index in [0.717, 1.165) is 33.0 Å². The summed E-state index contributed by atoms with van der Waals surface area (Å²) in [5.74, 6) is 2.80. The smallest absolute Gasteiger partial charge is 0.258 e. The standard InChI is InChI=1S/C24H25N3O5S2/c1-29-18-7-5-16(6-8-18)25-24-26-17(14-34-24)13-21-27(9-10-33-21)23(28)15-11-19(30-2)22(32-4)20(12-15)31-3/h5-8,11-14H,9-10H2,1-4H3,(H,25,26)/b21-13+. The summed E-state index contributed by atoms with van der Waals surface area (Å²) in [6.45, 7) is 0.604. The Morgan fingerprint density at radius 3 is 2.35 bits per heavy atom. The zero-order chi connectivity index (χ0) is 24.1. The van der Waals surface area contributed by atoms with Crippen LogP contribution in [0.2, 0.25) is 0 Å². The van der Waals surface area contributed by atoms with Crippen molar-refractivity contribution in [1.29, 1.82) is 0 Å². The first kappa shape index (κ1) is 23.8. The number of ether oxygens (including phenoxy) is 4. The number of nitrogens with zero attached hydrogens (tertiary/aromatic N) is 2. The number of amides is 1. The fourth-order valence-corrected chi connectivity index (χ4v) is 5.15. The molecule has 2 heterocycles. The van der Waals surface area contributed by atoms with Gasteiger partial charge in [0.25, 0.3) is 5.91 Å². The van der Waals surface area contributed by atoms with Crippen molar-refractivity contribution in [2.45, 2.75) is 0 Å². The highest BCUT2D eigenvalue weighted by atomic mass is 32.2. The largest absolute Gasteiger partial charge is 0.497 e. The molecular weight excluding hydrogens is 474 g/mol. The van der Waals surface area contributed by atoms with Gasteiger partial charge in [-0.2, -0.15) is 0 Å². The fourth-order valence-electron chi connectivity index (χ4n) is 3.45. The summed E-state index contributed by atoms with van der Waals surface area (Å²) >= 11 is 3.12. The molecule has 0 spiro atoms. The Bertz CT molecular complexity index is 1170. The second kappa shape index (κ2) is 10.7. The number of thioether (sulfide) groups is 1. The molecule has 1 amide bonds. The highest BCUT2D eigenvalue weighted by Crippen LogP contribution is 2.40. The summed E-state index contributed by atoms with van der Waals surface area (Å²) in [4.78, 5) is 19.8. The van der Waals surface area contributed by atoms with Crippen molar-refractivity contribution in [1.82, 2.24) is 9.88 Å². The van der Waals surface area contributed by atoms with Crippen LogP contribution in [0.15, 0.2) is 46.8 Å². The van der Waals surface area contributed by atoms with E-state index >= 15 is 0 Å². The number of rotatable bonds is 8. The molecule has 4 rings (SSSR count). The maximum Gasteiger partial charge on any atom is 0.258 e. The first-order valence-electron chi connectivity index (χ1n) is 10.4. The lowest BCUT2D eigenvalue weighted by Crippen LogP contribution is -2.26. The van der Waals surface area contributed by atoms with E-state index < -0.39 is 0 Å². The Balaban J connectivity index is 1.53. The normalized spacial score (nSPS) is 14.2. The van der Waals surface area contributed by atoms with Crippen molar-refractivity contribution in [2.75, 3.05) is 46.1 Å². The lowest BCUT2D eigenvalue weighted by atomic mass is 10.1. The minimum Gasteiger partial charge on any atom is -0.497 e. The van der Waals surface area contributed by atoms with Gasteiger partial charge in [-0.1, -0.05) is 0 Å². The van der Waals surface area contributed by atoms with Crippen LogP contribution < -0.4 is 24.3 Å². The lowest BCUT2D eigenvalue weighted by Gasteiger charge is -2.19. The molecule has 1 aromatic heterocycles. The summed E-state index contributed by atoms with van der Waals surface area (Å²) in [6.07, 6.45) is 1.93. The molecule has 34 heavy (non-hydrogen) atoms. The zero-order valence-corrected chi connectivity index (χ0v) is 20.9. The van der Waals surface area contributed by atoms with Gasteiger partial charge in [0.15, 0.2) is 16.6 Å². The molecular formula is C24H25N3O5S2. The Morgan fingerprint density at radius 1 is 1.03 bits per heavy atom. The van der Waals surface area contributed by atoms with E-state index in [0.29, 0.717) is 29.4 Å². The van der Waals surface area contributed by atoms with Gasteiger partial charge in [-0.3, -0.25) is 4.79 Å². The molecule has 1 saturated heterocycles. The van der Waals surface area contributed by atoms with E-state index in [1.54, 1.807) is 35.9 Å². The number of hydrogen-bond acceptors (Lipinski definition) is 9. The average molecular weight is 500 g/mol. The monoisotopic (exact) mass is 499 g/mol. The van der Waals surface area contributed by atoms with E-state index in [2.05, 4.69) is 10.3 Å². The molecule has 0 unspecified atom stereocenters. The van der Waals surface area contributed by atoms with Crippen molar-refractivity contribution in [2.24, 2.45) is 0 Å². The number of anilines is 2. The Labute approximate surface area is 206 Å². The number of methoxy groups -OCH3 is 4. The molecule has 1 aliphatic heterocycles. The van der Waals surface area contributed by atoms with Gasteiger partial charge in [0.05, 0.1) is 39.2 Å². The number of hydrogen-bond donors (Lipinski definition) is 1. The predicted octanol–water partition coefficient (Wildman–Crippen LogP) is 5.11. The maximum absolute atomic E-state index is 13.4. The van der Waals surface area contributed by atoms with Crippen molar-refractivity contribution >= 4 is 45.9 Å². The SMILES string of the molecule is COc1ccc(Nc2nc(/C=C3/SCCN3C(=O)c3cc(OC)c(OC)c(OC)c3)cs2)cc1. The minimum atomic E-state index is -0.137. The fraction of sp³-hybridized carbons (Fsp3) is 0.250. The topological polar surface area (TPSA) is 82.2 Å². The first-order valence-corrected chi connectivity index (χ1v) is 12.3. The third-order valence-corrected chi connectivity index (χ3v) is 6.92. The summed E-state index contributed by atoms with van der Waals surface area (Å²) < 4.78 is 21.4. The highest BCUT2D eigenvalue weighted by molar-refractivity contribution is 8.03. The van der Waals surface area contributed by atoms with E-state index in [9.17, 15) is 4.79 Å². The van der Waals surface area contributed by atoms with Crippen LogP contribution in [0, 0.1) is 0 Å². The van der Waals surface area contributed by atoms with Crippen LogP contribution in [0.25, 0.3) is 6.08 Å². The molecule has 0 bridgehead atoms. The van der Waals surface area contributed by atoms with E-state index in [4.69, 9.17) is 18.9 Å². The highest BCUT2D eigenvalue weighted by Gasteiger charge is 2.27. The van der Waals surface area contributed by atoms with Crippen molar-refractivity contribution in [3.05, 3.63) is 58.1 Å². The van der Waals surface area contributed by atoms with Gasteiger partial charge in [-0.25, -0.2) is 4.98 Å². The van der Waals surface area contributed by atoms with Crippen molar-refractivity contribution in [3.63, 3.8) is 0 Å². The van der Waals surface area contributed by atoms with Crippen LogP contribution in [0.4, 0.5) is 10.8 Å². The van der Waals surface area contributed by atoms with Gasteiger partial charge in [-0.05, 0) is 42.5 Å². The third-order valence-electron chi connectivity index (χ3n) is 5.12. The van der Waals surface area contributed by atoms with Gasteiger partial charge in [0.1, 0.15) is 5.75 Å². The van der Waals surface area contributed by atoms with Crippen LogP contribution >= 0.6 is 23.1 Å². The second-order valence-electron chi connectivity index (χ2n) is 7.13. The predicted molar refractivity (Wildman–Crippen MR) is 136 cm³/mol. The number of carbonyl (C=O) groups is 1. The van der Waals surface area contributed by atoms with E-state index in [-0.39, 0.29) is 5.91 Å². The Hall–Kier alpha value is -3.37. The van der Waals surface area contributed by atoms with Gasteiger partial charge < -0.3 is 29.2 Å². The summed E-state index contributed by atoms with van der Waals surface area (Å²) in [6, 6.07) is 11.0. The van der Waals surface area contributed by atoms with Gasteiger partial charge in [-0.15, -0.1) is 23.1 Å². The minimum absolute atomic E-state index is 0.137. The van der Waals surface area contributed by atoms with Crippen LogP contribution in [0.5, 0.6) is 23.0 Å². The van der Waals surface area contributed by atoms with Crippen LogP contribution in [0.1, 0.15) is 16.1 Å². The maximum atomic E-state index is 13.4. The molecule has 10 heteroatoms. The number of nitrogens with one attached hydrogen (secondary N) is 1. The van der Waals surface area contributed by atoms with Crippen LogP contribution in [-0.4, -0.2) is 56.5 Å². The Morgan fingerprint density at radius 2 is 1.74 bits per heavy atom. The molecule has 3 aromatic rings. The van der Waals surface area contributed by atoms with Crippen LogP contribution in [-0.2, 0) is 0 Å². The van der Waals surface area contributed by atoms with E-state index in [1.807, 2.05) is 35.7 Å². The quantitative estimate of drug-likeness (QED) is 0.458. The molecule has 0 saturated carbocycles. The third kappa shape index (κ3) is 5.07. The van der Waals surface area contributed by atoms with Gasteiger partial charge >= 0.3 is 0 Å². The van der Waals surface area contributed by atoms with Crippen LogP contribution in [0.3, 0.4) is 0 Å². The average Bonchev–Trinajstić information content (AvgIpc) is 3.52. The molecule has 2 aromatic carbocycles. The molecule has 0 aliphatic carbocycles. The summed E-state index contributed by atoms with van der Waals surface area (Å²) in [7, 11) is 6.23. The molecule has 0 atom stereocenters. The number of aromatic nitrogens is 1. The van der Waals surface area contributed by atoms with E-state index in [1.165, 1.54) is 32.7 Å². The van der Waals surface area contributed by atoms with Crippen molar-refractivity contribution in [3.8, 4) is 23.0 Å². The molecule has 0 radical (unpaired) electrons. The molecule has 8 nitrogen and oxygen atoms in total. The van der Waals surface area contributed by atoms with Crippen molar-refractivity contribution < 1.29 is 23.7 Å². The summed E-state index contributed by atoms with van der Waals surface area (Å²) in [5.41, 5.74) is 2.17.